The van der Waals surface area contributed by atoms with E-state index < -0.39 is 21.3 Å². The third kappa shape index (κ3) is 3.59. The van der Waals surface area contributed by atoms with E-state index in [-0.39, 0.29) is 11.3 Å². The van der Waals surface area contributed by atoms with Crippen molar-refractivity contribution in [3.05, 3.63) is 64.7 Å². The van der Waals surface area contributed by atoms with Crippen molar-refractivity contribution >= 4 is 21.5 Å². The number of carbonyl (C=O) groups excluding carboxylic acids is 1. The standard InChI is InChI=1S/C16H14F3NO3S/c1-10-5-3-8-14(11(10)2)15(21)12-6-4-7-13(9-12)20-24(22,23)16(17,18)19/h3-9,20H,1-2H3. The molecule has 8 heteroatoms. The fourth-order valence-corrected chi connectivity index (χ4v) is 2.64. The lowest BCUT2D eigenvalue weighted by Gasteiger charge is -2.12. The maximum Gasteiger partial charge on any atom is 0.516 e. The van der Waals surface area contributed by atoms with Crippen LogP contribution in [0.1, 0.15) is 27.0 Å². The zero-order valence-electron chi connectivity index (χ0n) is 12.8. The lowest BCUT2D eigenvalue weighted by Crippen LogP contribution is -2.29. The van der Waals surface area contributed by atoms with Crippen LogP contribution in [0.25, 0.3) is 0 Å². The highest BCUT2D eigenvalue weighted by Gasteiger charge is 2.46. The Balaban J connectivity index is 2.38. The van der Waals surface area contributed by atoms with E-state index in [2.05, 4.69) is 0 Å². The molecule has 0 saturated heterocycles. The monoisotopic (exact) mass is 357 g/mol. The number of aryl methyl sites for hydroxylation is 1. The molecular formula is C16H14F3NO3S. The van der Waals surface area contributed by atoms with Crippen molar-refractivity contribution < 1.29 is 26.4 Å². The Kier molecular flexibility index (Phi) is 4.70. The van der Waals surface area contributed by atoms with Crippen molar-refractivity contribution in [3.63, 3.8) is 0 Å². The number of carbonyl (C=O) groups is 1. The van der Waals surface area contributed by atoms with Gasteiger partial charge in [-0.2, -0.15) is 21.6 Å². The van der Waals surface area contributed by atoms with E-state index in [1.807, 2.05) is 13.0 Å². The van der Waals surface area contributed by atoms with Crippen LogP contribution in [0.3, 0.4) is 0 Å². The summed E-state index contributed by atoms with van der Waals surface area (Å²) in [7, 11) is -5.53. The molecule has 0 amide bonds. The van der Waals surface area contributed by atoms with E-state index in [0.29, 0.717) is 5.56 Å². The average Bonchev–Trinajstić information content (AvgIpc) is 2.48. The number of alkyl halides is 3. The van der Waals surface area contributed by atoms with Crippen LogP contribution in [0.2, 0.25) is 0 Å². The zero-order chi connectivity index (χ0) is 18.1. The number of anilines is 1. The molecule has 0 unspecified atom stereocenters. The van der Waals surface area contributed by atoms with Crippen LogP contribution < -0.4 is 4.72 Å². The number of ketones is 1. The normalized spacial score (nSPS) is 12.0. The molecule has 24 heavy (non-hydrogen) atoms. The molecule has 128 valence electrons. The average molecular weight is 357 g/mol. The Morgan fingerprint density at radius 1 is 1.04 bits per heavy atom. The predicted octanol–water partition coefficient (Wildman–Crippen LogP) is 3.80. The quantitative estimate of drug-likeness (QED) is 0.847. The highest BCUT2D eigenvalue weighted by Crippen LogP contribution is 2.26. The number of halogens is 3. The molecule has 0 aliphatic carbocycles. The second-order valence-electron chi connectivity index (χ2n) is 5.21. The molecule has 0 bridgehead atoms. The molecular weight excluding hydrogens is 343 g/mol. The summed E-state index contributed by atoms with van der Waals surface area (Å²) >= 11 is 0. The molecule has 0 saturated carbocycles. The van der Waals surface area contributed by atoms with Crippen LogP contribution in [-0.4, -0.2) is 19.7 Å². The van der Waals surface area contributed by atoms with Crippen molar-refractivity contribution in [1.82, 2.24) is 0 Å². The summed E-state index contributed by atoms with van der Waals surface area (Å²) in [5, 5.41) is 0. The Morgan fingerprint density at radius 3 is 2.29 bits per heavy atom. The van der Waals surface area contributed by atoms with Crippen LogP contribution in [0.15, 0.2) is 42.5 Å². The molecule has 2 rings (SSSR count). The number of hydrogen-bond acceptors (Lipinski definition) is 3. The summed E-state index contributed by atoms with van der Waals surface area (Å²) in [5.41, 5.74) is -3.61. The molecule has 0 aliphatic rings. The molecule has 1 N–H and O–H groups in total. The number of nitrogens with one attached hydrogen (secondary N) is 1. The van der Waals surface area contributed by atoms with Crippen LogP contribution in [0, 0.1) is 13.8 Å². The van der Waals surface area contributed by atoms with Crippen molar-refractivity contribution in [3.8, 4) is 0 Å². The molecule has 0 spiro atoms. The smallest absolute Gasteiger partial charge is 0.289 e. The van der Waals surface area contributed by atoms with Crippen LogP contribution >= 0.6 is 0 Å². The van der Waals surface area contributed by atoms with Gasteiger partial charge in [-0.05, 0) is 37.1 Å². The van der Waals surface area contributed by atoms with E-state index in [4.69, 9.17) is 0 Å². The molecule has 4 nitrogen and oxygen atoms in total. The summed E-state index contributed by atoms with van der Waals surface area (Å²) in [4.78, 5) is 12.5. The fraction of sp³-hybridized carbons (Fsp3) is 0.188. The van der Waals surface area contributed by atoms with E-state index in [0.717, 1.165) is 23.3 Å². The maximum atomic E-state index is 12.5. The summed E-state index contributed by atoms with van der Waals surface area (Å²) < 4.78 is 61.0. The van der Waals surface area contributed by atoms with Gasteiger partial charge in [-0.25, -0.2) is 0 Å². The number of rotatable bonds is 4. The van der Waals surface area contributed by atoms with Crippen molar-refractivity contribution in [2.24, 2.45) is 0 Å². The van der Waals surface area contributed by atoms with Crippen LogP contribution in [-0.2, 0) is 10.0 Å². The van der Waals surface area contributed by atoms with Crippen molar-refractivity contribution in [1.29, 1.82) is 0 Å². The summed E-state index contributed by atoms with van der Waals surface area (Å²) in [6.45, 7) is 3.60. The van der Waals surface area contributed by atoms with E-state index in [1.54, 1.807) is 19.1 Å². The lowest BCUT2D eigenvalue weighted by atomic mass is 9.96. The van der Waals surface area contributed by atoms with Gasteiger partial charge >= 0.3 is 15.5 Å². The van der Waals surface area contributed by atoms with Gasteiger partial charge in [0.2, 0.25) is 0 Å². The summed E-state index contributed by atoms with van der Waals surface area (Å²) in [6, 6.07) is 10.1. The van der Waals surface area contributed by atoms with Gasteiger partial charge in [-0.15, -0.1) is 0 Å². The lowest BCUT2D eigenvalue weighted by molar-refractivity contribution is -0.0429. The minimum Gasteiger partial charge on any atom is -0.289 e. The second-order valence-corrected chi connectivity index (χ2v) is 6.88. The number of benzene rings is 2. The first-order valence-electron chi connectivity index (χ1n) is 6.83. The maximum absolute atomic E-state index is 12.5. The van der Waals surface area contributed by atoms with Crippen LogP contribution in [0.5, 0.6) is 0 Å². The van der Waals surface area contributed by atoms with Gasteiger partial charge in [0, 0.05) is 16.8 Å². The minimum absolute atomic E-state index is 0.0890. The van der Waals surface area contributed by atoms with E-state index in [9.17, 15) is 26.4 Å². The SMILES string of the molecule is Cc1cccc(C(=O)c2cccc(NS(=O)(=O)C(F)(F)F)c2)c1C. The molecule has 2 aromatic rings. The molecule has 0 fully saturated rings. The van der Waals surface area contributed by atoms with Gasteiger partial charge in [-0.1, -0.05) is 30.3 Å². The van der Waals surface area contributed by atoms with Gasteiger partial charge in [0.1, 0.15) is 0 Å². The summed E-state index contributed by atoms with van der Waals surface area (Å²) in [6.07, 6.45) is 0. The molecule has 0 atom stereocenters. The predicted molar refractivity (Wildman–Crippen MR) is 84.4 cm³/mol. The van der Waals surface area contributed by atoms with Crippen molar-refractivity contribution in [2.75, 3.05) is 4.72 Å². The third-order valence-electron chi connectivity index (χ3n) is 3.53. The largest absolute Gasteiger partial charge is 0.516 e. The fourth-order valence-electron chi connectivity index (χ4n) is 2.09. The Bertz CT molecular complexity index is 890. The van der Waals surface area contributed by atoms with Gasteiger partial charge in [0.25, 0.3) is 0 Å². The van der Waals surface area contributed by atoms with Gasteiger partial charge in [-0.3, -0.25) is 9.52 Å². The molecule has 0 aliphatic heterocycles. The van der Waals surface area contributed by atoms with E-state index in [1.165, 1.54) is 16.9 Å². The highest BCUT2D eigenvalue weighted by molar-refractivity contribution is 7.93. The molecule has 2 aromatic carbocycles. The Morgan fingerprint density at radius 2 is 1.67 bits per heavy atom. The highest BCUT2D eigenvalue weighted by atomic mass is 32.2. The Labute approximate surface area is 137 Å². The third-order valence-corrected chi connectivity index (χ3v) is 4.64. The zero-order valence-corrected chi connectivity index (χ0v) is 13.6. The van der Waals surface area contributed by atoms with Gasteiger partial charge in [0.15, 0.2) is 5.78 Å². The summed E-state index contributed by atoms with van der Waals surface area (Å²) in [5.74, 6) is -0.399. The van der Waals surface area contributed by atoms with Crippen molar-refractivity contribution in [2.45, 2.75) is 19.4 Å². The first-order chi connectivity index (χ1) is 11.0. The first kappa shape index (κ1) is 18.0. The Hall–Kier alpha value is -2.35. The number of sulfonamides is 1. The first-order valence-corrected chi connectivity index (χ1v) is 8.31. The second kappa shape index (κ2) is 6.27. The minimum atomic E-state index is -5.53. The molecule has 0 aromatic heterocycles. The molecule has 0 heterocycles. The van der Waals surface area contributed by atoms with E-state index >= 15 is 0 Å². The van der Waals surface area contributed by atoms with Crippen LogP contribution in [0.4, 0.5) is 18.9 Å². The topological polar surface area (TPSA) is 63.2 Å². The van der Waals surface area contributed by atoms with Gasteiger partial charge < -0.3 is 0 Å². The number of hydrogen-bond donors (Lipinski definition) is 1. The van der Waals surface area contributed by atoms with Gasteiger partial charge in [0.05, 0.1) is 0 Å². The molecule has 0 radical (unpaired) electrons.